The van der Waals surface area contributed by atoms with Crippen molar-refractivity contribution in [3.63, 3.8) is 0 Å². The van der Waals surface area contributed by atoms with Gasteiger partial charge in [-0.05, 0) is 31.4 Å². The van der Waals surface area contributed by atoms with E-state index in [0.29, 0.717) is 17.0 Å². The Morgan fingerprint density at radius 1 is 1.37 bits per heavy atom. The summed E-state index contributed by atoms with van der Waals surface area (Å²) < 4.78 is 5.17. The van der Waals surface area contributed by atoms with Gasteiger partial charge in [0.1, 0.15) is 5.75 Å². The highest BCUT2D eigenvalue weighted by molar-refractivity contribution is 7.99. The summed E-state index contributed by atoms with van der Waals surface area (Å²) in [5.74, 6) is 0.185. The van der Waals surface area contributed by atoms with Crippen LogP contribution in [0.1, 0.15) is 17.3 Å². The molecule has 0 aliphatic rings. The van der Waals surface area contributed by atoms with Crippen LogP contribution in [0.2, 0.25) is 0 Å². The Morgan fingerprint density at radius 3 is 2.58 bits per heavy atom. The number of amides is 2. The number of thioether (sulfide) groups is 1. The fourth-order valence-corrected chi connectivity index (χ4v) is 1.71. The van der Waals surface area contributed by atoms with E-state index >= 15 is 0 Å². The molecule has 1 rings (SSSR count). The van der Waals surface area contributed by atoms with Gasteiger partial charge in [0.05, 0.1) is 18.0 Å². The van der Waals surface area contributed by atoms with Crippen molar-refractivity contribution in [1.82, 2.24) is 5.32 Å². The zero-order valence-electron chi connectivity index (χ0n) is 11.4. The first kappa shape index (κ1) is 15.4. The van der Waals surface area contributed by atoms with E-state index in [2.05, 4.69) is 10.6 Å². The molecule has 5 nitrogen and oxygen atoms in total. The minimum absolute atomic E-state index is 0.125. The van der Waals surface area contributed by atoms with E-state index in [4.69, 9.17) is 4.74 Å². The van der Waals surface area contributed by atoms with E-state index < -0.39 is 0 Å². The molecule has 0 fully saturated rings. The molecular weight excluding hydrogens is 264 g/mol. The van der Waals surface area contributed by atoms with E-state index in [1.165, 1.54) is 18.9 Å². The van der Waals surface area contributed by atoms with Crippen molar-refractivity contribution < 1.29 is 14.3 Å². The van der Waals surface area contributed by atoms with E-state index in [1.807, 2.05) is 13.2 Å². The largest absolute Gasteiger partial charge is 0.495 e. The summed E-state index contributed by atoms with van der Waals surface area (Å²) >= 11 is 1.45. The van der Waals surface area contributed by atoms with Gasteiger partial charge in [0.2, 0.25) is 5.91 Å². The van der Waals surface area contributed by atoms with Gasteiger partial charge in [0, 0.05) is 12.6 Å². The minimum Gasteiger partial charge on any atom is -0.495 e. The average Bonchev–Trinajstić information content (AvgIpc) is 2.45. The minimum atomic E-state index is -0.212. The fourth-order valence-electron chi connectivity index (χ4n) is 1.43. The summed E-state index contributed by atoms with van der Waals surface area (Å²) in [5, 5.41) is 5.13. The molecule has 0 bridgehead atoms. The first-order chi connectivity index (χ1) is 9.03. The van der Waals surface area contributed by atoms with E-state index in [0.717, 1.165) is 0 Å². The maximum atomic E-state index is 11.9. The Balaban J connectivity index is 3.02. The molecular formula is C13H18N2O3S. The van der Waals surface area contributed by atoms with Crippen LogP contribution in [-0.4, -0.2) is 37.5 Å². The van der Waals surface area contributed by atoms with Gasteiger partial charge in [-0.3, -0.25) is 9.59 Å². The monoisotopic (exact) mass is 282 g/mol. The first-order valence-electron chi connectivity index (χ1n) is 5.77. The van der Waals surface area contributed by atoms with Crippen LogP contribution in [0.5, 0.6) is 5.75 Å². The van der Waals surface area contributed by atoms with Crippen molar-refractivity contribution in [3.05, 3.63) is 23.8 Å². The zero-order valence-corrected chi connectivity index (χ0v) is 12.3. The van der Waals surface area contributed by atoms with Crippen LogP contribution in [0.4, 0.5) is 5.69 Å². The van der Waals surface area contributed by atoms with Gasteiger partial charge in [0.15, 0.2) is 0 Å². The normalized spacial score (nSPS) is 11.6. The van der Waals surface area contributed by atoms with Gasteiger partial charge in [-0.2, -0.15) is 11.8 Å². The van der Waals surface area contributed by atoms with Gasteiger partial charge in [-0.15, -0.1) is 0 Å². The lowest BCUT2D eigenvalue weighted by molar-refractivity contribution is -0.115. The first-order valence-corrected chi connectivity index (χ1v) is 7.06. The number of ether oxygens (including phenoxy) is 1. The molecule has 0 aromatic heterocycles. The number of anilines is 1. The van der Waals surface area contributed by atoms with Gasteiger partial charge in [-0.25, -0.2) is 0 Å². The Bertz CT molecular complexity index is 477. The molecule has 0 heterocycles. The molecule has 6 heteroatoms. The van der Waals surface area contributed by atoms with Crippen LogP contribution in [0.25, 0.3) is 0 Å². The molecule has 2 N–H and O–H groups in total. The predicted molar refractivity (Wildman–Crippen MR) is 78.0 cm³/mol. The van der Waals surface area contributed by atoms with Crippen LogP contribution in [0.15, 0.2) is 18.2 Å². The molecule has 0 aliphatic carbocycles. The number of hydrogen-bond donors (Lipinski definition) is 2. The van der Waals surface area contributed by atoms with Crippen molar-refractivity contribution in [2.24, 2.45) is 0 Å². The molecule has 1 aromatic rings. The third-order valence-corrected chi connectivity index (χ3v) is 3.59. The molecule has 104 valence electrons. The Labute approximate surface area is 117 Å². The summed E-state index contributed by atoms with van der Waals surface area (Å²) in [5.41, 5.74) is 0.963. The molecule has 1 unspecified atom stereocenters. The lowest BCUT2D eigenvalue weighted by Crippen LogP contribution is -2.23. The lowest BCUT2D eigenvalue weighted by Gasteiger charge is -2.14. The summed E-state index contributed by atoms with van der Waals surface area (Å²) in [7, 11) is 3.07. The number of hydrogen-bond acceptors (Lipinski definition) is 4. The third-order valence-electron chi connectivity index (χ3n) is 2.67. The number of benzene rings is 1. The molecule has 2 amide bonds. The smallest absolute Gasteiger partial charge is 0.251 e. The Hall–Kier alpha value is -1.69. The third kappa shape index (κ3) is 3.89. The van der Waals surface area contributed by atoms with Crippen molar-refractivity contribution >= 4 is 29.3 Å². The summed E-state index contributed by atoms with van der Waals surface area (Å²) in [4.78, 5) is 23.4. The van der Waals surface area contributed by atoms with E-state index in [1.54, 1.807) is 25.2 Å². The van der Waals surface area contributed by atoms with Crippen LogP contribution < -0.4 is 15.4 Å². The van der Waals surface area contributed by atoms with Gasteiger partial charge >= 0.3 is 0 Å². The van der Waals surface area contributed by atoms with Crippen LogP contribution in [0, 0.1) is 0 Å². The number of methoxy groups -OCH3 is 1. The molecule has 0 radical (unpaired) electrons. The van der Waals surface area contributed by atoms with E-state index in [-0.39, 0.29) is 17.1 Å². The topological polar surface area (TPSA) is 67.4 Å². The number of nitrogens with one attached hydrogen (secondary N) is 2. The van der Waals surface area contributed by atoms with Crippen LogP contribution in [-0.2, 0) is 4.79 Å². The molecule has 0 aliphatic heterocycles. The maximum absolute atomic E-state index is 11.9. The highest BCUT2D eigenvalue weighted by atomic mass is 32.2. The number of carbonyl (C=O) groups is 2. The van der Waals surface area contributed by atoms with Crippen molar-refractivity contribution in [1.29, 1.82) is 0 Å². The van der Waals surface area contributed by atoms with Crippen molar-refractivity contribution in [3.8, 4) is 5.75 Å². The molecule has 1 aromatic carbocycles. The second kappa shape index (κ2) is 7.04. The Morgan fingerprint density at radius 2 is 2.05 bits per heavy atom. The summed E-state index contributed by atoms with van der Waals surface area (Å²) in [6.07, 6.45) is 1.86. The number of rotatable bonds is 5. The van der Waals surface area contributed by atoms with Crippen molar-refractivity contribution in [2.75, 3.05) is 25.7 Å². The molecule has 0 spiro atoms. The fraction of sp³-hybridized carbons (Fsp3) is 0.385. The second-order valence-electron chi connectivity index (χ2n) is 3.86. The Kier molecular flexibility index (Phi) is 5.69. The van der Waals surface area contributed by atoms with E-state index in [9.17, 15) is 9.59 Å². The van der Waals surface area contributed by atoms with Gasteiger partial charge in [0.25, 0.3) is 5.91 Å². The zero-order chi connectivity index (χ0) is 14.4. The standard InChI is InChI=1S/C13H18N2O3S/c1-8(19-4)12(16)15-10-7-9(13(17)14-2)5-6-11(10)18-3/h5-8H,1-4H3,(H,14,17)(H,15,16). The molecule has 0 saturated carbocycles. The summed E-state index contributed by atoms with van der Waals surface area (Å²) in [6.45, 7) is 1.81. The highest BCUT2D eigenvalue weighted by Crippen LogP contribution is 2.26. The van der Waals surface area contributed by atoms with Gasteiger partial charge in [-0.1, -0.05) is 0 Å². The quantitative estimate of drug-likeness (QED) is 0.863. The second-order valence-corrected chi connectivity index (χ2v) is 5.04. The average molecular weight is 282 g/mol. The van der Waals surface area contributed by atoms with Crippen molar-refractivity contribution in [2.45, 2.75) is 12.2 Å². The van der Waals surface area contributed by atoms with Crippen LogP contribution in [0.3, 0.4) is 0 Å². The lowest BCUT2D eigenvalue weighted by atomic mass is 10.1. The molecule has 1 atom stereocenters. The predicted octanol–water partition coefficient (Wildman–Crippen LogP) is 1.74. The maximum Gasteiger partial charge on any atom is 0.251 e. The molecule has 19 heavy (non-hydrogen) atoms. The highest BCUT2D eigenvalue weighted by Gasteiger charge is 2.15. The molecule has 0 saturated heterocycles. The van der Waals surface area contributed by atoms with Crippen LogP contribution >= 0.6 is 11.8 Å². The SMILES string of the molecule is CNC(=O)c1ccc(OC)c(NC(=O)C(C)SC)c1. The number of carbonyl (C=O) groups excluding carboxylic acids is 2. The summed E-state index contributed by atoms with van der Waals surface area (Å²) in [6, 6.07) is 4.90. The van der Waals surface area contributed by atoms with Gasteiger partial charge < -0.3 is 15.4 Å².